The largest absolute Gasteiger partial charge is 0.462 e. The molecule has 3 nitrogen and oxygen atoms in total. The van der Waals surface area contributed by atoms with Gasteiger partial charge in [0.1, 0.15) is 18.1 Å². The minimum Gasteiger partial charge on any atom is -0.462 e. The Labute approximate surface area is 108 Å². The standard InChI is InChI=1S/C15H19NO2/c1-10-5-4-6-13(11(10)2)15(16)14-8-7-12(18-14)9-17-3/h4-8,15H,9,16H2,1-3H3. The summed E-state index contributed by atoms with van der Waals surface area (Å²) in [6, 6.07) is 9.76. The Bertz CT molecular complexity index is 531. The number of ether oxygens (including phenoxy) is 1. The third-order valence-electron chi connectivity index (χ3n) is 3.26. The van der Waals surface area contributed by atoms with Crippen molar-refractivity contribution in [3.05, 3.63) is 58.5 Å². The van der Waals surface area contributed by atoms with E-state index in [2.05, 4.69) is 19.9 Å². The Hall–Kier alpha value is -1.58. The van der Waals surface area contributed by atoms with Crippen LogP contribution in [0.4, 0.5) is 0 Å². The molecule has 0 aliphatic rings. The molecule has 0 bridgehead atoms. The van der Waals surface area contributed by atoms with E-state index in [1.807, 2.05) is 24.3 Å². The molecule has 1 aromatic heterocycles. The molecule has 1 aromatic carbocycles. The summed E-state index contributed by atoms with van der Waals surface area (Å²) in [6.45, 7) is 4.65. The van der Waals surface area contributed by atoms with Gasteiger partial charge in [-0.05, 0) is 42.7 Å². The zero-order chi connectivity index (χ0) is 13.1. The monoisotopic (exact) mass is 245 g/mol. The van der Waals surface area contributed by atoms with Crippen LogP contribution < -0.4 is 5.73 Å². The van der Waals surface area contributed by atoms with Crippen LogP contribution >= 0.6 is 0 Å². The van der Waals surface area contributed by atoms with Gasteiger partial charge in [0.25, 0.3) is 0 Å². The van der Waals surface area contributed by atoms with Gasteiger partial charge in [0.2, 0.25) is 0 Å². The first-order valence-corrected chi connectivity index (χ1v) is 6.02. The van der Waals surface area contributed by atoms with Crippen LogP contribution in [0.1, 0.15) is 34.3 Å². The lowest BCUT2D eigenvalue weighted by molar-refractivity contribution is 0.162. The Balaban J connectivity index is 2.29. The smallest absolute Gasteiger partial charge is 0.129 e. The van der Waals surface area contributed by atoms with Crippen LogP contribution in [0.3, 0.4) is 0 Å². The van der Waals surface area contributed by atoms with Gasteiger partial charge in [-0.15, -0.1) is 0 Å². The average Bonchev–Trinajstić information content (AvgIpc) is 2.81. The Morgan fingerprint density at radius 1 is 1.22 bits per heavy atom. The molecule has 1 atom stereocenters. The molecule has 0 saturated heterocycles. The maximum atomic E-state index is 6.26. The van der Waals surface area contributed by atoms with Crippen LogP contribution in [0.15, 0.2) is 34.7 Å². The number of methoxy groups -OCH3 is 1. The van der Waals surface area contributed by atoms with Crippen LogP contribution in [0, 0.1) is 13.8 Å². The van der Waals surface area contributed by atoms with E-state index in [1.54, 1.807) is 7.11 Å². The number of benzene rings is 1. The van der Waals surface area contributed by atoms with E-state index in [9.17, 15) is 0 Å². The van der Waals surface area contributed by atoms with Gasteiger partial charge in [-0.2, -0.15) is 0 Å². The third kappa shape index (κ3) is 2.47. The van der Waals surface area contributed by atoms with E-state index in [-0.39, 0.29) is 6.04 Å². The van der Waals surface area contributed by atoms with Gasteiger partial charge in [-0.1, -0.05) is 18.2 Å². The summed E-state index contributed by atoms with van der Waals surface area (Å²) in [5.41, 5.74) is 9.83. The molecular weight excluding hydrogens is 226 g/mol. The summed E-state index contributed by atoms with van der Waals surface area (Å²) >= 11 is 0. The SMILES string of the molecule is COCc1ccc(C(N)c2cccc(C)c2C)o1. The van der Waals surface area contributed by atoms with E-state index < -0.39 is 0 Å². The van der Waals surface area contributed by atoms with Gasteiger partial charge >= 0.3 is 0 Å². The van der Waals surface area contributed by atoms with Gasteiger partial charge in [0.05, 0.1) is 6.04 Å². The lowest BCUT2D eigenvalue weighted by atomic mass is 9.97. The van der Waals surface area contributed by atoms with E-state index >= 15 is 0 Å². The molecule has 96 valence electrons. The zero-order valence-electron chi connectivity index (χ0n) is 11.1. The molecule has 1 unspecified atom stereocenters. The minimum atomic E-state index is -0.226. The molecule has 0 spiro atoms. The first-order valence-electron chi connectivity index (χ1n) is 6.02. The molecule has 0 saturated carbocycles. The lowest BCUT2D eigenvalue weighted by Gasteiger charge is -2.14. The molecule has 0 aliphatic carbocycles. The second kappa shape index (κ2) is 5.38. The van der Waals surface area contributed by atoms with Gasteiger partial charge in [-0.3, -0.25) is 0 Å². The number of nitrogens with two attached hydrogens (primary N) is 1. The van der Waals surface area contributed by atoms with Crippen molar-refractivity contribution in [2.75, 3.05) is 7.11 Å². The Kier molecular flexibility index (Phi) is 3.84. The fourth-order valence-electron chi connectivity index (χ4n) is 2.05. The summed E-state index contributed by atoms with van der Waals surface area (Å²) in [5, 5.41) is 0. The fraction of sp³-hybridized carbons (Fsp3) is 0.333. The molecule has 0 fully saturated rings. The van der Waals surface area contributed by atoms with E-state index in [0.717, 1.165) is 17.1 Å². The van der Waals surface area contributed by atoms with Crippen LogP contribution in [-0.4, -0.2) is 7.11 Å². The number of furan rings is 1. The van der Waals surface area contributed by atoms with Crippen LogP contribution in [-0.2, 0) is 11.3 Å². The summed E-state index contributed by atoms with van der Waals surface area (Å²) in [7, 11) is 1.65. The average molecular weight is 245 g/mol. The minimum absolute atomic E-state index is 0.226. The van der Waals surface area contributed by atoms with Crippen molar-refractivity contribution in [2.45, 2.75) is 26.5 Å². The van der Waals surface area contributed by atoms with E-state index in [4.69, 9.17) is 14.9 Å². The summed E-state index contributed by atoms with van der Waals surface area (Å²) in [4.78, 5) is 0. The highest BCUT2D eigenvalue weighted by Gasteiger charge is 2.15. The van der Waals surface area contributed by atoms with Gasteiger partial charge < -0.3 is 14.9 Å². The number of hydrogen-bond acceptors (Lipinski definition) is 3. The van der Waals surface area contributed by atoms with Crippen LogP contribution in [0.25, 0.3) is 0 Å². The second-order valence-electron chi connectivity index (χ2n) is 4.50. The number of hydrogen-bond donors (Lipinski definition) is 1. The number of rotatable bonds is 4. The highest BCUT2D eigenvalue weighted by atomic mass is 16.5. The molecule has 0 radical (unpaired) electrons. The van der Waals surface area contributed by atoms with Crippen molar-refractivity contribution in [2.24, 2.45) is 5.73 Å². The summed E-state index contributed by atoms with van der Waals surface area (Å²) in [5.74, 6) is 1.57. The molecular formula is C15H19NO2. The predicted molar refractivity (Wildman–Crippen MR) is 71.4 cm³/mol. The predicted octanol–water partition coefficient (Wildman–Crippen LogP) is 3.09. The van der Waals surface area contributed by atoms with Gasteiger partial charge in [0, 0.05) is 7.11 Å². The van der Waals surface area contributed by atoms with Crippen molar-refractivity contribution in [1.82, 2.24) is 0 Å². The highest BCUT2D eigenvalue weighted by molar-refractivity contribution is 5.38. The molecule has 1 heterocycles. The first-order chi connectivity index (χ1) is 8.63. The lowest BCUT2D eigenvalue weighted by Crippen LogP contribution is -2.12. The summed E-state index contributed by atoms with van der Waals surface area (Å²) < 4.78 is 10.7. The maximum absolute atomic E-state index is 6.26. The topological polar surface area (TPSA) is 48.4 Å². The van der Waals surface area contributed by atoms with Crippen LogP contribution in [0.5, 0.6) is 0 Å². The molecule has 18 heavy (non-hydrogen) atoms. The van der Waals surface area contributed by atoms with Crippen molar-refractivity contribution < 1.29 is 9.15 Å². The van der Waals surface area contributed by atoms with Crippen molar-refractivity contribution in [3.8, 4) is 0 Å². The quantitative estimate of drug-likeness (QED) is 0.900. The molecule has 2 aromatic rings. The third-order valence-corrected chi connectivity index (χ3v) is 3.26. The molecule has 3 heteroatoms. The van der Waals surface area contributed by atoms with Crippen molar-refractivity contribution in [1.29, 1.82) is 0 Å². The highest BCUT2D eigenvalue weighted by Crippen LogP contribution is 2.26. The zero-order valence-corrected chi connectivity index (χ0v) is 11.1. The van der Waals surface area contributed by atoms with E-state index in [0.29, 0.717) is 6.61 Å². The van der Waals surface area contributed by atoms with E-state index in [1.165, 1.54) is 11.1 Å². The van der Waals surface area contributed by atoms with Gasteiger partial charge in [0.15, 0.2) is 0 Å². The summed E-state index contributed by atoms with van der Waals surface area (Å²) in [6.07, 6.45) is 0. The van der Waals surface area contributed by atoms with Crippen LogP contribution in [0.2, 0.25) is 0 Å². The molecule has 2 rings (SSSR count). The molecule has 2 N–H and O–H groups in total. The van der Waals surface area contributed by atoms with Crippen molar-refractivity contribution in [3.63, 3.8) is 0 Å². The van der Waals surface area contributed by atoms with Crippen molar-refractivity contribution >= 4 is 0 Å². The van der Waals surface area contributed by atoms with Gasteiger partial charge in [-0.25, -0.2) is 0 Å². The Morgan fingerprint density at radius 3 is 2.72 bits per heavy atom. The second-order valence-corrected chi connectivity index (χ2v) is 4.50. The fourth-order valence-corrected chi connectivity index (χ4v) is 2.05. The maximum Gasteiger partial charge on any atom is 0.129 e. The Morgan fingerprint density at radius 2 is 2.00 bits per heavy atom. The molecule has 0 amide bonds. The first kappa shape index (κ1) is 12.9. The number of aryl methyl sites for hydroxylation is 1. The molecule has 0 aliphatic heterocycles. The normalized spacial score (nSPS) is 12.7.